The molecule has 0 aliphatic carbocycles. The summed E-state index contributed by atoms with van der Waals surface area (Å²) in [7, 11) is -3.08. The predicted molar refractivity (Wildman–Crippen MR) is 91.1 cm³/mol. The minimum atomic E-state index is -3.08. The van der Waals surface area contributed by atoms with Gasteiger partial charge in [-0.25, -0.2) is 8.42 Å². The lowest BCUT2D eigenvalue weighted by Crippen LogP contribution is -2.46. The first kappa shape index (κ1) is 17.0. The van der Waals surface area contributed by atoms with Crippen molar-refractivity contribution in [3.63, 3.8) is 0 Å². The molecule has 3 rings (SSSR count). The van der Waals surface area contributed by atoms with Crippen LogP contribution >= 0.6 is 0 Å². The van der Waals surface area contributed by atoms with Crippen LogP contribution in [0.5, 0.6) is 0 Å². The molecular weight excluding hydrogens is 328 g/mol. The second-order valence-corrected chi connectivity index (χ2v) is 8.81. The maximum atomic E-state index is 12.5. The van der Waals surface area contributed by atoms with E-state index in [2.05, 4.69) is 5.32 Å². The fourth-order valence-electron chi connectivity index (χ4n) is 3.41. The maximum absolute atomic E-state index is 12.5. The summed E-state index contributed by atoms with van der Waals surface area (Å²) in [5, 5.41) is 2.88. The van der Waals surface area contributed by atoms with Crippen LogP contribution in [0.15, 0.2) is 30.3 Å². The van der Waals surface area contributed by atoms with Crippen molar-refractivity contribution in [2.24, 2.45) is 11.8 Å². The zero-order valence-corrected chi connectivity index (χ0v) is 14.3. The van der Waals surface area contributed by atoms with Crippen LogP contribution in [0.4, 0.5) is 5.69 Å². The van der Waals surface area contributed by atoms with Crippen molar-refractivity contribution in [1.29, 1.82) is 0 Å². The number of hydrogen-bond donors (Lipinski definition) is 1. The van der Waals surface area contributed by atoms with Gasteiger partial charge in [-0.1, -0.05) is 18.2 Å². The fraction of sp³-hybridized carbons (Fsp3) is 0.529. The third kappa shape index (κ3) is 3.95. The zero-order chi connectivity index (χ0) is 17.2. The number of nitrogens with zero attached hydrogens (tertiary/aromatic N) is 1. The lowest BCUT2D eigenvalue weighted by molar-refractivity contribution is -0.137. The number of likely N-dealkylation sites (tertiary alicyclic amines) is 1. The van der Waals surface area contributed by atoms with Crippen LogP contribution in [-0.4, -0.2) is 49.7 Å². The molecular formula is C17H22N2O4S. The first-order valence-electron chi connectivity index (χ1n) is 8.30. The SMILES string of the molecule is O=C(Nc1ccccc1)[C@H]1CCCN(C(=O)[C@@H]2CCS(=O)(=O)C2)C1. The van der Waals surface area contributed by atoms with Gasteiger partial charge in [0.2, 0.25) is 11.8 Å². The predicted octanol–water partition coefficient (Wildman–Crippen LogP) is 1.30. The van der Waals surface area contributed by atoms with E-state index in [0.717, 1.165) is 18.5 Å². The number of carbonyl (C=O) groups is 2. The summed E-state index contributed by atoms with van der Waals surface area (Å²) in [6.45, 7) is 0.971. The average Bonchev–Trinajstić information content (AvgIpc) is 2.95. The molecule has 0 aromatic heterocycles. The van der Waals surface area contributed by atoms with Crippen molar-refractivity contribution >= 4 is 27.3 Å². The van der Waals surface area contributed by atoms with Crippen LogP contribution in [0.2, 0.25) is 0 Å². The average molecular weight is 350 g/mol. The molecule has 1 aromatic rings. The quantitative estimate of drug-likeness (QED) is 0.891. The van der Waals surface area contributed by atoms with Crippen LogP contribution < -0.4 is 5.32 Å². The molecule has 2 heterocycles. The molecule has 2 saturated heterocycles. The van der Waals surface area contributed by atoms with Crippen LogP contribution in [-0.2, 0) is 19.4 Å². The van der Waals surface area contributed by atoms with Crippen molar-refractivity contribution < 1.29 is 18.0 Å². The van der Waals surface area contributed by atoms with Crippen LogP contribution in [0.3, 0.4) is 0 Å². The van der Waals surface area contributed by atoms with Crippen molar-refractivity contribution in [3.8, 4) is 0 Å². The van der Waals surface area contributed by atoms with Gasteiger partial charge in [-0.15, -0.1) is 0 Å². The summed E-state index contributed by atoms with van der Waals surface area (Å²) in [4.78, 5) is 26.6. The molecule has 2 fully saturated rings. The first-order valence-corrected chi connectivity index (χ1v) is 10.1. The van der Waals surface area contributed by atoms with Crippen LogP contribution in [0.1, 0.15) is 19.3 Å². The van der Waals surface area contributed by atoms with E-state index in [1.165, 1.54) is 0 Å². The Morgan fingerprint density at radius 3 is 2.50 bits per heavy atom. The number of para-hydroxylation sites is 1. The molecule has 6 nitrogen and oxygen atoms in total. The minimum absolute atomic E-state index is 0.0524. The first-order chi connectivity index (χ1) is 11.4. The van der Waals surface area contributed by atoms with Gasteiger partial charge in [0.1, 0.15) is 0 Å². The topological polar surface area (TPSA) is 83.6 Å². The smallest absolute Gasteiger partial charge is 0.229 e. The van der Waals surface area contributed by atoms with E-state index >= 15 is 0 Å². The van der Waals surface area contributed by atoms with Gasteiger partial charge in [0.25, 0.3) is 0 Å². The third-order valence-corrected chi connectivity index (χ3v) is 6.49. The number of hydrogen-bond acceptors (Lipinski definition) is 4. The molecule has 2 amide bonds. The summed E-state index contributed by atoms with van der Waals surface area (Å²) in [6, 6.07) is 9.24. The molecule has 2 aliphatic heterocycles. The molecule has 2 atom stereocenters. The molecule has 0 spiro atoms. The number of anilines is 1. The molecule has 0 saturated carbocycles. The number of piperidine rings is 1. The summed E-state index contributed by atoms with van der Waals surface area (Å²) < 4.78 is 23.1. The molecule has 7 heteroatoms. The molecule has 1 N–H and O–H groups in total. The normalized spacial score (nSPS) is 26.1. The van der Waals surface area contributed by atoms with Crippen LogP contribution in [0, 0.1) is 11.8 Å². The van der Waals surface area contributed by atoms with E-state index in [1.807, 2.05) is 30.3 Å². The lowest BCUT2D eigenvalue weighted by atomic mass is 9.95. The Kier molecular flexibility index (Phi) is 4.89. The zero-order valence-electron chi connectivity index (χ0n) is 13.5. The van der Waals surface area contributed by atoms with E-state index < -0.39 is 15.8 Å². The Morgan fingerprint density at radius 2 is 1.83 bits per heavy atom. The molecule has 130 valence electrons. The number of sulfone groups is 1. The second kappa shape index (κ2) is 6.93. The molecule has 2 aliphatic rings. The molecule has 1 aromatic carbocycles. The number of nitrogens with one attached hydrogen (secondary N) is 1. The highest BCUT2D eigenvalue weighted by Crippen LogP contribution is 2.25. The van der Waals surface area contributed by atoms with E-state index in [-0.39, 0.29) is 29.2 Å². The molecule has 0 radical (unpaired) electrons. The Balaban J connectivity index is 1.60. The van der Waals surface area contributed by atoms with E-state index in [4.69, 9.17) is 0 Å². The third-order valence-electron chi connectivity index (χ3n) is 4.73. The second-order valence-electron chi connectivity index (χ2n) is 6.58. The molecule has 0 bridgehead atoms. The van der Waals surface area contributed by atoms with Gasteiger partial charge in [-0.2, -0.15) is 0 Å². The van der Waals surface area contributed by atoms with E-state index in [1.54, 1.807) is 4.90 Å². The monoisotopic (exact) mass is 350 g/mol. The Hall–Kier alpha value is -1.89. The fourth-order valence-corrected chi connectivity index (χ4v) is 5.14. The Morgan fingerprint density at radius 1 is 1.08 bits per heavy atom. The maximum Gasteiger partial charge on any atom is 0.229 e. The number of rotatable bonds is 3. The van der Waals surface area contributed by atoms with Gasteiger partial charge < -0.3 is 10.2 Å². The van der Waals surface area contributed by atoms with Crippen molar-refractivity contribution in [3.05, 3.63) is 30.3 Å². The number of carbonyl (C=O) groups excluding carboxylic acids is 2. The van der Waals surface area contributed by atoms with Crippen molar-refractivity contribution in [2.75, 3.05) is 29.9 Å². The van der Waals surface area contributed by atoms with Gasteiger partial charge in [0.15, 0.2) is 9.84 Å². The van der Waals surface area contributed by atoms with Crippen molar-refractivity contribution in [1.82, 2.24) is 4.90 Å². The lowest BCUT2D eigenvalue weighted by Gasteiger charge is -2.33. The largest absolute Gasteiger partial charge is 0.342 e. The highest BCUT2D eigenvalue weighted by atomic mass is 32.2. The number of benzene rings is 1. The summed E-state index contributed by atoms with van der Waals surface area (Å²) in [6.07, 6.45) is 1.90. The minimum Gasteiger partial charge on any atom is -0.342 e. The van der Waals surface area contributed by atoms with E-state index in [0.29, 0.717) is 19.5 Å². The summed E-state index contributed by atoms with van der Waals surface area (Å²) >= 11 is 0. The standard InChI is InChI=1S/C17H22N2O4S/c20-16(18-15-6-2-1-3-7-15)13-5-4-9-19(11-13)17(21)14-8-10-24(22,23)12-14/h1-3,6-7,13-14H,4-5,8-12H2,(H,18,20)/t13-,14+/m0/s1. The van der Waals surface area contributed by atoms with Crippen LogP contribution in [0.25, 0.3) is 0 Å². The Labute approximate surface area is 142 Å². The highest BCUT2D eigenvalue weighted by Gasteiger charge is 2.37. The van der Waals surface area contributed by atoms with Gasteiger partial charge in [0.05, 0.1) is 23.3 Å². The van der Waals surface area contributed by atoms with Gasteiger partial charge >= 0.3 is 0 Å². The molecule has 24 heavy (non-hydrogen) atoms. The molecule has 0 unspecified atom stereocenters. The van der Waals surface area contributed by atoms with Crippen molar-refractivity contribution in [2.45, 2.75) is 19.3 Å². The number of amides is 2. The summed E-state index contributed by atoms with van der Waals surface area (Å²) in [5.41, 5.74) is 0.743. The van der Waals surface area contributed by atoms with E-state index in [9.17, 15) is 18.0 Å². The van der Waals surface area contributed by atoms with Gasteiger partial charge in [-0.05, 0) is 31.4 Å². The summed E-state index contributed by atoms with van der Waals surface area (Å²) in [5.74, 6) is -0.851. The van der Waals surface area contributed by atoms with Gasteiger partial charge in [0, 0.05) is 18.8 Å². The highest BCUT2D eigenvalue weighted by molar-refractivity contribution is 7.91. The van der Waals surface area contributed by atoms with Gasteiger partial charge in [-0.3, -0.25) is 9.59 Å². The Bertz CT molecular complexity index is 717.